The average molecular weight is 323 g/mol. The Morgan fingerprint density at radius 3 is 2.95 bits per heavy atom. The molecule has 0 aliphatic carbocycles. The highest BCUT2D eigenvalue weighted by atomic mass is 32.1. The molecule has 0 radical (unpaired) electrons. The van der Waals surface area contributed by atoms with E-state index in [0.29, 0.717) is 29.8 Å². The van der Waals surface area contributed by atoms with Crippen LogP contribution in [0.25, 0.3) is 0 Å². The summed E-state index contributed by atoms with van der Waals surface area (Å²) in [5, 5.41) is 3.35. The predicted molar refractivity (Wildman–Crippen MR) is 83.8 cm³/mol. The molecule has 3 amide bonds. The van der Waals surface area contributed by atoms with Crippen LogP contribution in [0.3, 0.4) is 0 Å². The van der Waals surface area contributed by atoms with E-state index < -0.39 is 0 Å². The van der Waals surface area contributed by atoms with Gasteiger partial charge in [-0.2, -0.15) is 4.37 Å². The van der Waals surface area contributed by atoms with Crippen molar-refractivity contribution < 1.29 is 9.59 Å². The summed E-state index contributed by atoms with van der Waals surface area (Å²) in [7, 11) is 0. The summed E-state index contributed by atoms with van der Waals surface area (Å²) in [5.41, 5.74) is 0. The minimum Gasteiger partial charge on any atom is -0.342 e. The van der Waals surface area contributed by atoms with E-state index in [0.717, 1.165) is 38.9 Å². The van der Waals surface area contributed by atoms with E-state index in [9.17, 15) is 9.59 Å². The van der Waals surface area contributed by atoms with Crippen molar-refractivity contribution in [3.63, 3.8) is 0 Å². The van der Waals surface area contributed by atoms with Crippen LogP contribution in [-0.4, -0.2) is 57.3 Å². The zero-order valence-electron chi connectivity index (χ0n) is 12.7. The van der Waals surface area contributed by atoms with Crippen molar-refractivity contribution >= 4 is 28.6 Å². The molecule has 1 aromatic rings. The maximum atomic E-state index is 12.3. The van der Waals surface area contributed by atoms with Crippen LogP contribution in [0.5, 0.6) is 0 Å². The van der Waals surface area contributed by atoms with Gasteiger partial charge in [0.1, 0.15) is 5.82 Å². The minimum atomic E-state index is -0.117. The molecule has 0 bridgehead atoms. The number of aromatic nitrogens is 2. The summed E-state index contributed by atoms with van der Waals surface area (Å²) in [6.07, 6.45) is 3.69. The fraction of sp³-hybridized carbons (Fsp3) is 0.714. The van der Waals surface area contributed by atoms with Crippen LogP contribution in [-0.2, 0) is 4.79 Å². The van der Waals surface area contributed by atoms with E-state index in [1.807, 2.05) is 9.80 Å². The molecule has 8 heteroatoms. The van der Waals surface area contributed by atoms with Gasteiger partial charge < -0.3 is 9.80 Å². The van der Waals surface area contributed by atoms with E-state index in [1.54, 1.807) is 6.92 Å². The van der Waals surface area contributed by atoms with E-state index in [1.165, 1.54) is 11.5 Å². The molecule has 7 nitrogen and oxygen atoms in total. The van der Waals surface area contributed by atoms with Crippen LogP contribution in [0.1, 0.15) is 31.5 Å². The molecule has 2 aliphatic heterocycles. The van der Waals surface area contributed by atoms with Gasteiger partial charge in [-0.25, -0.2) is 9.78 Å². The summed E-state index contributed by atoms with van der Waals surface area (Å²) in [6.45, 7) is 4.91. The first kappa shape index (κ1) is 15.2. The van der Waals surface area contributed by atoms with Crippen LogP contribution in [0.4, 0.5) is 9.93 Å². The quantitative estimate of drug-likeness (QED) is 0.918. The van der Waals surface area contributed by atoms with Gasteiger partial charge in [0.15, 0.2) is 0 Å². The van der Waals surface area contributed by atoms with E-state index >= 15 is 0 Å². The van der Waals surface area contributed by atoms with Crippen molar-refractivity contribution in [3.8, 4) is 0 Å². The highest BCUT2D eigenvalue weighted by Gasteiger charge is 2.28. The van der Waals surface area contributed by atoms with Gasteiger partial charge in [0.2, 0.25) is 11.0 Å². The van der Waals surface area contributed by atoms with Gasteiger partial charge in [0, 0.05) is 44.1 Å². The second-order valence-electron chi connectivity index (χ2n) is 5.97. The first-order valence-corrected chi connectivity index (χ1v) is 8.53. The number of aryl methyl sites for hydroxylation is 1. The number of carbonyl (C=O) groups excluding carboxylic acids is 2. The number of rotatable bonds is 3. The summed E-state index contributed by atoms with van der Waals surface area (Å²) < 4.78 is 4.06. The number of urea groups is 1. The summed E-state index contributed by atoms with van der Waals surface area (Å²) in [4.78, 5) is 31.9. The molecule has 2 saturated heterocycles. The van der Waals surface area contributed by atoms with Gasteiger partial charge in [0.25, 0.3) is 0 Å². The number of nitrogens with zero attached hydrogens (tertiary/aromatic N) is 4. The molecule has 1 N–H and O–H groups in total. The molecule has 3 rings (SSSR count). The van der Waals surface area contributed by atoms with Crippen LogP contribution in [0.15, 0.2) is 0 Å². The van der Waals surface area contributed by atoms with Crippen LogP contribution < -0.4 is 5.32 Å². The predicted octanol–water partition coefficient (Wildman–Crippen LogP) is 1.71. The number of amides is 3. The van der Waals surface area contributed by atoms with Gasteiger partial charge in [-0.1, -0.05) is 0 Å². The highest BCUT2D eigenvalue weighted by molar-refractivity contribution is 7.09. The van der Waals surface area contributed by atoms with Gasteiger partial charge in [-0.15, -0.1) is 0 Å². The van der Waals surface area contributed by atoms with Crippen molar-refractivity contribution in [2.75, 3.05) is 31.5 Å². The Hall–Kier alpha value is -1.70. The normalized spacial score (nSPS) is 22.2. The van der Waals surface area contributed by atoms with Gasteiger partial charge in [0.05, 0.1) is 0 Å². The van der Waals surface area contributed by atoms with Crippen molar-refractivity contribution in [1.82, 2.24) is 19.2 Å². The molecule has 22 heavy (non-hydrogen) atoms. The lowest BCUT2D eigenvalue weighted by Gasteiger charge is -2.34. The number of carbonyl (C=O) groups is 2. The molecule has 2 aliphatic rings. The SMILES string of the molecule is Cc1nsc(NC(=O)N2CCCC(CN3CCCC3=O)C2)n1. The van der Waals surface area contributed by atoms with Crippen molar-refractivity contribution in [1.29, 1.82) is 0 Å². The largest absolute Gasteiger partial charge is 0.342 e. The first-order valence-electron chi connectivity index (χ1n) is 7.76. The number of hydrogen-bond acceptors (Lipinski definition) is 5. The zero-order valence-corrected chi connectivity index (χ0v) is 13.6. The van der Waals surface area contributed by atoms with E-state index in [4.69, 9.17) is 0 Å². The molecular formula is C14H21N5O2S. The lowest BCUT2D eigenvalue weighted by atomic mass is 9.98. The second-order valence-corrected chi connectivity index (χ2v) is 6.73. The number of nitrogens with one attached hydrogen (secondary N) is 1. The number of piperidine rings is 1. The first-order chi connectivity index (χ1) is 10.6. The van der Waals surface area contributed by atoms with Crippen molar-refractivity contribution in [2.24, 2.45) is 5.92 Å². The molecule has 1 atom stereocenters. The number of likely N-dealkylation sites (tertiary alicyclic amines) is 2. The molecule has 2 fully saturated rings. The lowest BCUT2D eigenvalue weighted by Crippen LogP contribution is -2.45. The maximum Gasteiger partial charge on any atom is 0.323 e. The Labute approximate surface area is 133 Å². The van der Waals surface area contributed by atoms with Crippen molar-refractivity contribution in [2.45, 2.75) is 32.6 Å². The Kier molecular flexibility index (Phi) is 4.56. The Morgan fingerprint density at radius 2 is 2.27 bits per heavy atom. The summed E-state index contributed by atoms with van der Waals surface area (Å²) in [6, 6.07) is -0.117. The molecular weight excluding hydrogens is 302 g/mol. The molecule has 0 saturated carbocycles. The van der Waals surface area contributed by atoms with Crippen molar-refractivity contribution in [3.05, 3.63) is 5.82 Å². The average Bonchev–Trinajstić information content (AvgIpc) is 3.08. The third-order valence-corrected chi connectivity index (χ3v) is 4.92. The van der Waals surface area contributed by atoms with Gasteiger partial charge in [-0.3, -0.25) is 10.1 Å². The fourth-order valence-corrected chi connectivity index (χ4v) is 3.69. The minimum absolute atomic E-state index is 0.117. The monoisotopic (exact) mass is 323 g/mol. The Morgan fingerprint density at radius 1 is 1.41 bits per heavy atom. The second kappa shape index (κ2) is 6.60. The summed E-state index contributed by atoms with van der Waals surface area (Å²) in [5.74, 6) is 1.30. The van der Waals surface area contributed by atoms with Crippen LogP contribution in [0.2, 0.25) is 0 Å². The Balaban J connectivity index is 1.53. The maximum absolute atomic E-state index is 12.3. The molecule has 3 heterocycles. The third-order valence-electron chi connectivity index (χ3n) is 4.20. The molecule has 1 unspecified atom stereocenters. The Bertz CT molecular complexity index is 561. The van der Waals surface area contributed by atoms with E-state index in [-0.39, 0.29) is 11.9 Å². The fourth-order valence-electron chi connectivity index (χ4n) is 3.13. The van der Waals surface area contributed by atoms with Gasteiger partial charge in [-0.05, 0) is 32.1 Å². The topological polar surface area (TPSA) is 78.4 Å². The van der Waals surface area contributed by atoms with Crippen LogP contribution >= 0.6 is 11.5 Å². The summed E-state index contributed by atoms with van der Waals surface area (Å²) >= 11 is 1.20. The standard InChI is InChI=1S/C14H21N5O2S/c1-10-15-13(22-17-10)16-14(21)19-7-2-4-11(9-19)8-18-6-3-5-12(18)20/h11H,2-9H2,1H3,(H,15,16,17,21). The van der Waals surface area contributed by atoms with Gasteiger partial charge >= 0.3 is 6.03 Å². The molecule has 120 valence electrons. The highest BCUT2D eigenvalue weighted by Crippen LogP contribution is 2.21. The number of anilines is 1. The smallest absolute Gasteiger partial charge is 0.323 e. The lowest BCUT2D eigenvalue weighted by molar-refractivity contribution is -0.128. The van der Waals surface area contributed by atoms with Crippen LogP contribution in [0, 0.1) is 12.8 Å². The molecule has 1 aromatic heterocycles. The molecule has 0 spiro atoms. The van der Waals surface area contributed by atoms with E-state index in [2.05, 4.69) is 14.7 Å². The zero-order chi connectivity index (χ0) is 15.5. The molecule has 0 aromatic carbocycles. The third kappa shape index (κ3) is 3.55. The number of hydrogen-bond donors (Lipinski definition) is 1.